The fourth-order valence-corrected chi connectivity index (χ4v) is 4.35. The number of carbonyl (C=O) groups is 1. The van der Waals surface area contributed by atoms with E-state index in [2.05, 4.69) is 39.1 Å². The maximum atomic E-state index is 11.4. The summed E-state index contributed by atoms with van der Waals surface area (Å²) in [5.41, 5.74) is 1.96. The van der Waals surface area contributed by atoms with Crippen LogP contribution in [-0.2, 0) is 6.54 Å². The highest BCUT2D eigenvalue weighted by molar-refractivity contribution is 7.20. The van der Waals surface area contributed by atoms with Crippen molar-refractivity contribution in [1.29, 1.82) is 0 Å². The lowest BCUT2D eigenvalue weighted by Gasteiger charge is -2.17. The first-order chi connectivity index (χ1) is 12.6. The Bertz CT molecular complexity index is 942. The van der Waals surface area contributed by atoms with Gasteiger partial charge in [0.05, 0.1) is 5.39 Å². The second-order valence-electron chi connectivity index (χ2n) is 6.47. The predicted molar refractivity (Wildman–Crippen MR) is 99.9 cm³/mol. The van der Waals surface area contributed by atoms with E-state index < -0.39 is 5.97 Å². The number of hydrogen-bond donors (Lipinski definition) is 1. The SMILES string of the molecule is Cc1c(C(=O)O)sc2ncnc(OC3CCN(Cc4ccccc4)C3)c12. The second kappa shape index (κ2) is 7.01. The van der Waals surface area contributed by atoms with Gasteiger partial charge in [-0.2, -0.15) is 0 Å². The molecule has 1 unspecified atom stereocenters. The highest BCUT2D eigenvalue weighted by atomic mass is 32.1. The summed E-state index contributed by atoms with van der Waals surface area (Å²) in [6, 6.07) is 10.4. The summed E-state index contributed by atoms with van der Waals surface area (Å²) >= 11 is 1.17. The van der Waals surface area contributed by atoms with Crippen molar-refractivity contribution in [3.63, 3.8) is 0 Å². The molecule has 6 nitrogen and oxygen atoms in total. The molecule has 3 heterocycles. The zero-order chi connectivity index (χ0) is 18.1. The quantitative estimate of drug-likeness (QED) is 0.743. The van der Waals surface area contributed by atoms with Crippen LogP contribution in [0.1, 0.15) is 27.2 Å². The van der Waals surface area contributed by atoms with E-state index in [9.17, 15) is 9.90 Å². The first-order valence-corrected chi connectivity index (χ1v) is 9.34. The number of thiophene rings is 1. The van der Waals surface area contributed by atoms with E-state index in [0.717, 1.165) is 31.4 Å². The Morgan fingerprint density at radius 2 is 2.15 bits per heavy atom. The standard InChI is InChI=1S/C19H19N3O3S/c1-12-15-17(20-11-21-18(15)26-16(12)19(23)24)25-14-7-8-22(10-14)9-13-5-3-2-4-6-13/h2-6,11,14H,7-10H2,1H3,(H,23,24). The normalized spacial score (nSPS) is 17.7. The minimum absolute atomic E-state index is 0.0457. The molecule has 0 bridgehead atoms. The molecule has 0 amide bonds. The maximum absolute atomic E-state index is 11.4. The molecule has 1 saturated heterocycles. The molecule has 1 aromatic carbocycles. The number of nitrogens with zero attached hydrogens (tertiary/aromatic N) is 3. The third kappa shape index (κ3) is 3.27. The average molecular weight is 369 g/mol. The smallest absolute Gasteiger partial charge is 0.346 e. The number of carboxylic acid groups (broad SMARTS) is 1. The van der Waals surface area contributed by atoms with E-state index in [1.54, 1.807) is 6.92 Å². The molecular formula is C19H19N3O3S. The van der Waals surface area contributed by atoms with Gasteiger partial charge in [-0.15, -0.1) is 11.3 Å². The minimum atomic E-state index is -0.939. The molecule has 0 saturated carbocycles. The van der Waals surface area contributed by atoms with Crippen molar-refractivity contribution in [2.45, 2.75) is 26.0 Å². The van der Waals surface area contributed by atoms with Gasteiger partial charge in [0, 0.05) is 19.6 Å². The molecule has 1 aliphatic rings. The van der Waals surface area contributed by atoms with E-state index in [0.29, 0.717) is 21.2 Å². The van der Waals surface area contributed by atoms with Crippen molar-refractivity contribution in [3.05, 3.63) is 52.7 Å². The molecule has 0 radical (unpaired) electrons. The Morgan fingerprint density at radius 1 is 1.35 bits per heavy atom. The molecule has 1 aliphatic heterocycles. The Hall–Kier alpha value is -2.51. The van der Waals surface area contributed by atoms with Gasteiger partial charge in [0.2, 0.25) is 5.88 Å². The lowest BCUT2D eigenvalue weighted by Crippen LogP contribution is -2.24. The number of aromatic carboxylic acids is 1. The fraction of sp³-hybridized carbons (Fsp3) is 0.316. The van der Waals surface area contributed by atoms with E-state index in [1.807, 2.05) is 6.07 Å². The van der Waals surface area contributed by atoms with E-state index in [-0.39, 0.29) is 6.10 Å². The summed E-state index contributed by atoms with van der Waals surface area (Å²) < 4.78 is 6.15. The molecule has 1 atom stereocenters. The largest absolute Gasteiger partial charge is 0.477 e. The van der Waals surface area contributed by atoms with Crippen LogP contribution < -0.4 is 4.74 Å². The van der Waals surface area contributed by atoms with Crippen LogP contribution in [0, 0.1) is 6.92 Å². The van der Waals surface area contributed by atoms with Crippen LogP contribution in [0.25, 0.3) is 10.2 Å². The van der Waals surface area contributed by atoms with Gasteiger partial charge in [-0.3, -0.25) is 4.90 Å². The van der Waals surface area contributed by atoms with Crippen molar-refractivity contribution in [2.24, 2.45) is 0 Å². The first-order valence-electron chi connectivity index (χ1n) is 8.52. The van der Waals surface area contributed by atoms with Gasteiger partial charge in [0.1, 0.15) is 22.1 Å². The molecule has 26 heavy (non-hydrogen) atoms. The molecule has 134 valence electrons. The molecule has 0 spiro atoms. The fourth-order valence-electron chi connectivity index (χ4n) is 3.37. The molecular weight excluding hydrogens is 350 g/mol. The van der Waals surface area contributed by atoms with Gasteiger partial charge in [-0.05, 0) is 24.5 Å². The van der Waals surface area contributed by atoms with Gasteiger partial charge in [-0.25, -0.2) is 14.8 Å². The zero-order valence-electron chi connectivity index (χ0n) is 14.4. The number of benzene rings is 1. The summed E-state index contributed by atoms with van der Waals surface area (Å²) in [6.07, 6.45) is 2.41. The van der Waals surface area contributed by atoms with Gasteiger partial charge < -0.3 is 9.84 Å². The number of aromatic nitrogens is 2. The topological polar surface area (TPSA) is 75.5 Å². The Kier molecular flexibility index (Phi) is 4.57. The lowest BCUT2D eigenvalue weighted by molar-refractivity contribution is 0.0701. The van der Waals surface area contributed by atoms with Crippen molar-refractivity contribution >= 4 is 27.5 Å². The van der Waals surface area contributed by atoms with E-state index in [4.69, 9.17) is 4.74 Å². The van der Waals surface area contributed by atoms with Crippen LogP contribution >= 0.6 is 11.3 Å². The molecule has 0 aliphatic carbocycles. The number of aryl methyl sites for hydroxylation is 1. The number of carboxylic acids is 1. The summed E-state index contributed by atoms with van der Waals surface area (Å²) in [4.78, 5) is 23.2. The summed E-state index contributed by atoms with van der Waals surface area (Å²) in [5.74, 6) is -0.450. The molecule has 3 aromatic rings. The number of ether oxygens (including phenoxy) is 1. The van der Waals surface area contributed by atoms with Crippen molar-refractivity contribution in [2.75, 3.05) is 13.1 Å². The van der Waals surface area contributed by atoms with Gasteiger partial charge in [-0.1, -0.05) is 30.3 Å². The molecule has 1 N–H and O–H groups in total. The predicted octanol–water partition coefficient (Wildman–Crippen LogP) is 3.35. The first kappa shape index (κ1) is 16.9. The number of rotatable bonds is 5. The second-order valence-corrected chi connectivity index (χ2v) is 7.47. The minimum Gasteiger partial charge on any atom is -0.477 e. The number of fused-ring (bicyclic) bond motifs is 1. The summed E-state index contributed by atoms with van der Waals surface area (Å²) in [5, 5.41) is 10.1. The molecule has 1 fully saturated rings. The van der Waals surface area contributed by atoms with Crippen LogP contribution in [-0.4, -0.2) is 45.1 Å². The number of likely N-dealkylation sites (tertiary alicyclic amines) is 1. The van der Waals surface area contributed by atoms with Crippen molar-refractivity contribution < 1.29 is 14.6 Å². The molecule has 7 heteroatoms. The van der Waals surface area contributed by atoms with Gasteiger partial charge >= 0.3 is 5.97 Å². The molecule has 2 aromatic heterocycles. The molecule has 4 rings (SSSR count). The van der Waals surface area contributed by atoms with Crippen LogP contribution in [0.4, 0.5) is 0 Å². The average Bonchev–Trinajstić information content (AvgIpc) is 3.21. The Labute approximate surface area is 155 Å². The van der Waals surface area contributed by atoms with Crippen molar-refractivity contribution in [1.82, 2.24) is 14.9 Å². The maximum Gasteiger partial charge on any atom is 0.346 e. The van der Waals surface area contributed by atoms with E-state index >= 15 is 0 Å². The van der Waals surface area contributed by atoms with Crippen LogP contribution in [0.2, 0.25) is 0 Å². The summed E-state index contributed by atoms with van der Waals surface area (Å²) in [6.45, 7) is 4.49. The zero-order valence-corrected chi connectivity index (χ0v) is 15.2. The Balaban J connectivity index is 1.50. The van der Waals surface area contributed by atoms with Crippen LogP contribution in [0.15, 0.2) is 36.7 Å². The third-order valence-electron chi connectivity index (χ3n) is 4.64. The van der Waals surface area contributed by atoms with E-state index in [1.165, 1.54) is 23.2 Å². The van der Waals surface area contributed by atoms with Crippen LogP contribution in [0.3, 0.4) is 0 Å². The summed E-state index contributed by atoms with van der Waals surface area (Å²) in [7, 11) is 0. The Morgan fingerprint density at radius 3 is 2.92 bits per heavy atom. The highest BCUT2D eigenvalue weighted by Crippen LogP contribution is 2.35. The lowest BCUT2D eigenvalue weighted by atomic mass is 10.2. The third-order valence-corrected chi connectivity index (χ3v) is 5.83. The van der Waals surface area contributed by atoms with Crippen molar-refractivity contribution in [3.8, 4) is 5.88 Å². The number of hydrogen-bond acceptors (Lipinski definition) is 6. The highest BCUT2D eigenvalue weighted by Gasteiger charge is 2.26. The van der Waals surface area contributed by atoms with Gasteiger partial charge in [0.15, 0.2) is 0 Å². The van der Waals surface area contributed by atoms with Crippen LogP contribution in [0.5, 0.6) is 5.88 Å². The van der Waals surface area contributed by atoms with Gasteiger partial charge in [0.25, 0.3) is 0 Å². The monoisotopic (exact) mass is 369 g/mol.